The fraction of sp³-hybridized carbons (Fsp3) is 1.00. The molecular weight excluding hydrogens is 336 g/mol. The molecule has 0 radical (unpaired) electrons. The number of hydrogen-bond acceptors (Lipinski definition) is 10. The lowest BCUT2D eigenvalue weighted by Crippen LogP contribution is -2.59. The van der Waals surface area contributed by atoms with E-state index in [4.69, 9.17) is 40.9 Å². The van der Waals surface area contributed by atoms with E-state index in [1.165, 1.54) is 6.92 Å². The molecule has 23 heavy (non-hydrogen) atoms. The first-order valence-corrected chi connectivity index (χ1v) is 8.22. The van der Waals surface area contributed by atoms with Crippen LogP contribution >= 0.6 is 0 Å². The molecule has 0 aromatic carbocycles. The molecule has 0 amide bonds. The van der Waals surface area contributed by atoms with Crippen LogP contribution in [-0.2, 0) is 10.1 Å². The van der Waals surface area contributed by atoms with Crippen LogP contribution < -0.4 is 11.1 Å². The van der Waals surface area contributed by atoms with Gasteiger partial charge in [0.2, 0.25) is 0 Å². The molecule has 0 heterocycles. The van der Waals surface area contributed by atoms with E-state index >= 15 is 0 Å². The van der Waals surface area contributed by atoms with E-state index in [2.05, 4.69) is 5.32 Å². The highest BCUT2D eigenvalue weighted by Crippen LogP contribution is 2.09. The average Bonchev–Trinajstić information content (AvgIpc) is 2.55. The first kappa shape index (κ1) is 24.8. The van der Waals surface area contributed by atoms with Crippen molar-refractivity contribution in [3.63, 3.8) is 0 Å². The number of nitrogens with one attached hydrogen (secondary N) is 1. The van der Waals surface area contributed by atoms with Gasteiger partial charge in [0, 0.05) is 0 Å². The van der Waals surface area contributed by atoms with Crippen molar-refractivity contribution in [2.24, 2.45) is 5.73 Å². The first-order valence-electron chi connectivity index (χ1n) is 6.71. The van der Waals surface area contributed by atoms with Crippen LogP contribution in [0.25, 0.3) is 0 Å². The van der Waals surface area contributed by atoms with Gasteiger partial charge in [-0.15, -0.1) is 0 Å². The summed E-state index contributed by atoms with van der Waals surface area (Å²) >= 11 is 0. The second kappa shape index (κ2) is 11.2. The van der Waals surface area contributed by atoms with E-state index in [9.17, 15) is 8.42 Å². The number of nitrogens with two attached hydrogens (primary N) is 1. The Hall–Kier alpha value is -0.410. The Morgan fingerprint density at radius 3 is 1.39 bits per heavy atom. The van der Waals surface area contributed by atoms with Crippen LogP contribution in [0.3, 0.4) is 0 Å². The molecule has 0 saturated heterocycles. The molecule has 1 unspecified atom stereocenters. The molecule has 0 aliphatic rings. The minimum Gasteiger partial charge on any atom is -0.394 e. The summed E-state index contributed by atoms with van der Waals surface area (Å²) in [7, 11) is -4.32. The summed E-state index contributed by atoms with van der Waals surface area (Å²) in [6.45, 7) is -1.65. The quantitative estimate of drug-likeness (QED) is 0.169. The molecule has 0 aromatic heterocycles. The van der Waals surface area contributed by atoms with Crippen molar-refractivity contribution in [2.45, 2.75) is 29.8 Å². The summed E-state index contributed by atoms with van der Waals surface area (Å²) < 4.78 is 30.5. The maximum atomic E-state index is 10.8. The molecule has 1 atom stereocenters. The monoisotopic (exact) mass is 364 g/mol. The SMILES string of the molecule is CCC(NC(CO)(CO)CO)S(=O)(=O)O.NC(CO)(CO)CO. The van der Waals surface area contributed by atoms with Gasteiger partial charge in [-0.25, -0.2) is 0 Å². The highest BCUT2D eigenvalue weighted by Gasteiger charge is 2.34. The smallest absolute Gasteiger partial charge is 0.281 e. The zero-order valence-electron chi connectivity index (χ0n) is 13.0. The molecule has 0 aliphatic carbocycles. The molecule has 12 heteroatoms. The van der Waals surface area contributed by atoms with Gasteiger partial charge in [-0.05, 0) is 6.42 Å². The van der Waals surface area contributed by atoms with Gasteiger partial charge < -0.3 is 36.4 Å². The van der Waals surface area contributed by atoms with Crippen LogP contribution in [0.4, 0.5) is 0 Å². The Morgan fingerprint density at radius 2 is 1.26 bits per heavy atom. The Balaban J connectivity index is 0. The van der Waals surface area contributed by atoms with Crippen molar-refractivity contribution in [2.75, 3.05) is 39.6 Å². The standard InChI is InChI=1S/C7H17NO6S.C4H11NO3/c1-2-6(15(12,13)14)8-7(3-9,4-10)5-11;5-4(1-6,2-7)3-8/h6,8-11H,2-5H2,1H3,(H,12,13,14);6-8H,1-3,5H2. The number of hydrogen-bond donors (Lipinski definition) is 9. The summed E-state index contributed by atoms with van der Waals surface area (Å²) in [4.78, 5) is 0. The van der Waals surface area contributed by atoms with Gasteiger partial charge in [0.15, 0.2) is 0 Å². The van der Waals surface area contributed by atoms with Crippen molar-refractivity contribution in [1.82, 2.24) is 5.32 Å². The molecule has 0 aliphatic heterocycles. The van der Waals surface area contributed by atoms with Crippen molar-refractivity contribution < 1.29 is 43.6 Å². The molecule has 0 bridgehead atoms. The number of aliphatic hydroxyl groups is 6. The minimum atomic E-state index is -4.32. The van der Waals surface area contributed by atoms with Gasteiger partial charge in [-0.1, -0.05) is 6.92 Å². The fourth-order valence-electron chi connectivity index (χ4n) is 1.17. The summed E-state index contributed by atoms with van der Waals surface area (Å²) in [5, 5.41) is 52.8. The van der Waals surface area contributed by atoms with Gasteiger partial charge in [-0.2, -0.15) is 8.42 Å². The van der Waals surface area contributed by atoms with Crippen LogP contribution in [-0.4, -0.2) is 99.7 Å². The van der Waals surface area contributed by atoms with E-state index in [1.807, 2.05) is 0 Å². The molecule has 142 valence electrons. The van der Waals surface area contributed by atoms with Crippen molar-refractivity contribution in [3.8, 4) is 0 Å². The third-order valence-corrected chi connectivity index (χ3v) is 4.22. The highest BCUT2D eigenvalue weighted by atomic mass is 32.2. The van der Waals surface area contributed by atoms with Crippen LogP contribution in [0.1, 0.15) is 13.3 Å². The second-order valence-corrected chi connectivity index (χ2v) is 6.75. The molecule has 0 aromatic rings. The Bertz CT molecular complexity index is 380. The van der Waals surface area contributed by atoms with Gasteiger partial charge in [-0.3, -0.25) is 9.87 Å². The molecule has 0 fully saturated rings. The summed E-state index contributed by atoms with van der Waals surface area (Å²) in [5.74, 6) is 0. The second-order valence-electron chi connectivity index (χ2n) is 5.15. The Morgan fingerprint density at radius 1 is 0.913 bits per heavy atom. The number of aliphatic hydroxyl groups excluding tert-OH is 6. The van der Waals surface area contributed by atoms with E-state index in [0.29, 0.717) is 0 Å². The van der Waals surface area contributed by atoms with Gasteiger partial charge in [0.25, 0.3) is 10.1 Å². The molecule has 10 N–H and O–H groups in total. The molecule has 0 rings (SSSR count). The van der Waals surface area contributed by atoms with E-state index in [1.54, 1.807) is 0 Å². The third-order valence-electron chi connectivity index (χ3n) is 3.05. The lowest BCUT2D eigenvalue weighted by atomic mass is 10.0. The predicted molar refractivity (Wildman–Crippen MR) is 80.9 cm³/mol. The maximum absolute atomic E-state index is 10.8. The maximum Gasteiger partial charge on any atom is 0.281 e. The van der Waals surface area contributed by atoms with Crippen molar-refractivity contribution in [3.05, 3.63) is 0 Å². The van der Waals surface area contributed by atoms with Gasteiger partial charge >= 0.3 is 0 Å². The fourth-order valence-corrected chi connectivity index (χ4v) is 1.99. The van der Waals surface area contributed by atoms with Crippen molar-refractivity contribution >= 4 is 10.1 Å². The van der Waals surface area contributed by atoms with Gasteiger partial charge in [0.05, 0.1) is 50.7 Å². The van der Waals surface area contributed by atoms with E-state index in [0.717, 1.165) is 0 Å². The van der Waals surface area contributed by atoms with E-state index < -0.39 is 66.2 Å². The third kappa shape index (κ3) is 8.85. The highest BCUT2D eigenvalue weighted by molar-refractivity contribution is 7.86. The summed E-state index contributed by atoms with van der Waals surface area (Å²) in [6.07, 6.45) is 0.0422. The Kier molecular flexibility index (Phi) is 12.1. The lowest BCUT2D eigenvalue weighted by Gasteiger charge is -2.31. The van der Waals surface area contributed by atoms with E-state index in [-0.39, 0.29) is 6.42 Å². The topological polar surface area (TPSA) is 214 Å². The predicted octanol–water partition coefficient (Wildman–Crippen LogP) is -4.42. The zero-order chi connectivity index (χ0) is 18.7. The van der Waals surface area contributed by atoms with Crippen LogP contribution in [0, 0.1) is 0 Å². The normalized spacial score (nSPS) is 14.1. The summed E-state index contributed by atoms with van der Waals surface area (Å²) in [6, 6.07) is 0. The van der Waals surface area contributed by atoms with Crippen LogP contribution in [0.2, 0.25) is 0 Å². The molecule has 0 spiro atoms. The zero-order valence-corrected chi connectivity index (χ0v) is 13.8. The van der Waals surface area contributed by atoms with Crippen molar-refractivity contribution in [1.29, 1.82) is 0 Å². The molecular formula is C11H28N2O9S. The first-order chi connectivity index (χ1) is 10.5. The summed E-state index contributed by atoms with van der Waals surface area (Å²) in [5.41, 5.74) is 2.42. The Labute approximate surface area is 135 Å². The molecule has 11 nitrogen and oxygen atoms in total. The van der Waals surface area contributed by atoms with Gasteiger partial charge in [0.1, 0.15) is 5.37 Å². The average molecular weight is 364 g/mol. The lowest BCUT2D eigenvalue weighted by molar-refractivity contribution is 0.0393. The van der Waals surface area contributed by atoms with Crippen LogP contribution in [0.15, 0.2) is 0 Å². The van der Waals surface area contributed by atoms with Crippen LogP contribution in [0.5, 0.6) is 0 Å². The largest absolute Gasteiger partial charge is 0.394 e. The minimum absolute atomic E-state index is 0.0422. The molecule has 0 saturated carbocycles. The number of rotatable bonds is 10.